The van der Waals surface area contributed by atoms with Crippen LogP contribution in [0.4, 0.5) is 0 Å². The second-order valence-corrected chi connectivity index (χ2v) is 4.85. The molecule has 0 unspecified atom stereocenters. The average molecular weight is 232 g/mol. The van der Waals surface area contributed by atoms with Gasteiger partial charge in [0.25, 0.3) is 0 Å². The molecule has 3 aromatic carbocycles. The predicted molar refractivity (Wildman–Crippen MR) is 78.9 cm³/mol. The summed E-state index contributed by atoms with van der Waals surface area (Å²) in [5, 5.41) is 2.68. The van der Waals surface area contributed by atoms with Crippen LogP contribution in [0.2, 0.25) is 0 Å². The average Bonchev–Trinajstić information content (AvgIpc) is 2.39. The lowest BCUT2D eigenvalue weighted by molar-refractivity contribution is 1.47. The molecule has 0 aromatic heterocycles. The van der Waals surface area contributed by atoms with Crippen molar-refractivity contribution in [3.05, 3.63) is 71.8 Å². The summed E-state index contributed by atoms with van der Waals surface area (Å²) in [5.74, 6) is 0. The Bertz CT molecular complexity index is 708. The standard InChI is InChI=1S/C18H16/c1-13-6-3-8-15(12-13)17-10-5-9-16-14(2)7-4-11-18(16)17/h3-12H,1-2H3. The highest BCUT2D eigenvalue weighted by Gasteiger charge is 2.04. The predicted octanol–water partition coefficient (Wildman–Crippen LogP) is 5.12. The second-order valence-electron chi connectivity index (χ2n) is 4.85. The van der Waals surface area contributed by atoms with Gasteiger partial charge in [0.2, 0.25) is 0 Å². The molecule has 0 nitrogen and oxygen atoms in total. The van der Waals surface area contributed by atoms with Crippen molar-refractivity contribution in [2.75, 3.05) is 0 Å². The van der Waals surface area contributed by atoms with Gasteiger partial charge in [0.15, 0.2) is 0 Å². The van der Waals surface area contributed by atoms with Crippen LogP contribution in [-0.4, -0.2) is 0 Å². The minimum absolute atomic E-state index is 1.30. The third-order valence-corrected chi connectivity index (χ3v) is 3.47. The van der Waals surface area contributed by atoms with Crippen molar-refractivity contribution in [3.8, 4) is 11.1 Å². The molecule has 0 saturated heterocycles. The third-order valence-electron chi connectivity index (χ3n) is 3.47. The fourth-order valence-corrected chi connectivity index (χ4v) is 2.53. The first-order valence-corrected chi connectivity index (χ1v) is 6.31. The van der Waals surface area contributed by atoms with Crippen molar-refractivity contribution >= 4 is 10.8 Å². The van der Waals surface area contributed by atoms with Crippen molar-refractivity contribution in [1.82, 2.24) is 0 Å². The van der Waals surface area contributed by atoms with Gasteiger partial charge in [-0.2, -0.15) is 0 Å². The number of rotatable bonds is 1. The molecule has 88 valence electrons. The zero-order valence-electron chi connectivity index (χ0n) is 10.8. The summed E-state index contributed by atoms with van der Waals surface area (Å²) in [6.07, 6.45) is 0. The molecule has 0 saturated carbocycles. The van der Waals surface area contributed by atoms with E-state index in [1.807, 2.05) is 0 Å². The molecule has 0 fully saturated rings. The second kappa shape index (κ2) is 4.30. The van der Waals surface area contributed by atoms with Gasteiger partial charge in [-0.05, 0) is 41.3 Å². The molecule has 0 spiro atoms. The van der Waals surface area contributed by atoms with E-state index in [0.717, 1.165) is 0 Å². The highest BCUT2D eigenvalue weighted by molar-refractivity contribution is 5.98. The van der Waals surface area contributed by atoms with Crippen LogP contribution in [-0.2, 0) is 0 Å². The monoisotopic (exact) mass is 232 g/mol. The van der Waals surface area contributed by atoms with Gasteiger partial charge in [-0.15, -0.1) is 0 Å². The molecule has 0 aliphatic rings. The molecule has 18 heavy (non-hydrogen) atoms. The number of hydrogen-bond acceptors (Lipinski definition) is 0. The molecule has 3 rings (SSSR count). The number of benzene rings is 3. The van der Waals surface area contributed by atoms with Crippen LogP contribution in [0.1, 0.15) is 11.1 Å². The van der Waals surface area contributed by atoms with Crippen LogP contribution < -0.4 is 0 Å². The third kappa shape index (κ3) is 1.80. The van der Waals surface area contributed by atoms with E-state index in [1.165, 1.54) is 33.0 Å². The molecular weight excluding hydrogens is 216 g/mol. The van der Waals surface area contributed by atoms with E-state index >= 15 is 0 Å². The Morgan fingerprint density at radius 1 is 0.667 bits per heavy atom. The van der Waals surface area contributed by atoms with Gasteiger partial charge in [-0.25, -0.2) is 0 Å². The Labute approximate surface area is 108 Å². The van der Waals surface area contributed by atoms with Crippen LogP contribution in [0.15, 0.2) is 60.7 Å². The zero-order valence-corrected chi connectivity index (χ0v) is 10.8. The SMILES string of the molecule is Cc1cccc(-c2cccc3c(C)cccc23)c1. The lowest BCUT2D eigenvalue weighted by atomic mass is 9.95. The molecule has 3 aromatic rings. The summed E-state index contributed by atoms with van der Waals surface area (Å²) in [4.78, 5) is 0. The van der Waals surface area contributed by atoms with E-state index in [9.17, 15) is 0 Å². The molecular formula is C18H16. The van der Waals surface area contributed by atoms with E-state index in [2.05, 4.69) is 74.5 Å². The maximum absolute atomic E-state index is 2.25. The van der Waals surface area contributed by atoms with Crippen LogP contribution in [0.5, 0.6) is 0 Å². The molecule has 0 heteroatoms. The van der Waals surface area contributed by atoms with E-state index in [1.54, 1.807) is 0 Å². The van der Waals surface area contributed by atoms with Gasteiger partial charge in [0.1, 0.15) is 0 Å². The van der Waals surface area contributed by atoms with Crippen molar-refractivity contribution < 1.29 is 0 Å². The molecule has 0 bridgehead atoms. The summed E-state index contributed by atoms with van der Waals surface area (Å²) in [5.41, 5.74) is 5.25. The molecule has 0 aliphatic heterocycles. The maximum atomic E-state index is 2.25. The van der Waals surface area contributed by atoms with E-state index < -0.39 is 0 Å². The van der Waals surface area contributed by atoms with Crippen LogP contribution >= 0.6 is 0 Å². The number of fused-ring (bicyclic) bond motifs is 1. The van der Waals surface area contributed by atoms with Gasteiger partial charge in [0, 0.05) is 0 Å². The van der Waals surface area contributed by atoms with Crippen LogP contribution in [0, 0.1) is 13.8 Å². The zero-order chi connectivity index (χ0) is 12.5. The summed E-state index contributed by atoms with van der Waals surface area (Å²) in [6, 6.07) is 21.8. The fourth-order valence-electron chi connectivity index (χ4n) is 2.53. The first-order valence-electron chi connectivity index (χ1n) is 6.31. The quantitative estimate of drug-likeness (QED) is 0.546. The molecule has 0 amide bonds. The summed E-state index contributed by atoms with van der Waals surface area (Å²) in [7, 11) is 0. The Hall–Kier alpha value is -2.08. The van der Waals surface area contributed by atoms with E-state index in [-0.39, 0.29) is 0 Å². The number of aryl methyl sites for hydroxylation is 2. The Kier molecular flexibility index (Phi) is 2.64. The summed E-state index contributed by atoms with van der Waals surface area (Å²) >= 11 is 0. The maximum Gasteiger partial charge on any atom is -0.0103 e. The van der Waals surface area contributed by atoms with Gasteiger partial charge >= 0.3 is 0 Å². The van der Waals surface area contributed by atoms with Gasteiger partial charge in [-0.1, -0.05) is 66.2 Å². The largest absolute Gasteiger partial charge is 0.0614 e. The minimum Gasteiger partial charge on any atom is -0.0614 e. The first kappa shape index (κ1) is 11.0. The molecule has 0 N–H and O–H groups in total. The van der Waals surface area contributed by atoms with Crippen LogP contribution in [0.3, 0.4) is 0 Å². The van der Waals surface area contributed by atoms with E-state index in [0.29, 0.717) is 0 Å². The topological polar surface area (TPSA) is 0 Å². The Balaban J connectivity index is 2.33. The highest BCUT2D eigenvalue weighted by atomic mass is 14.1. The highest BCUT2D eigenvalue weighted by Crippen LogP contribution is 2.30. The van der Waals surface area contributed by atoms with Gasteiger partial charge in [0.05, 0.1) is 0 Å². The summed E-state index contributed by atoms with van der Waals surface area (Å²) < 4.78 is 0. The van der Waals surface area contributed by atoms with Crippen LogP contribution in [0.25, 0.3) is 21.9 Å². The fraction of sp³-hybridized carbons (Fsp3) is 0.111. The minimum atomic E-state index is 1.30. The lowest BCUT2D eigenvalue weighted by Gasteiger charge is -2.09. The first-order chi connectivity index (χ1) is 8.75. The van der Waals surface area contributed by atoms with Gasteiger partial charge in [-0.3, -0.25) is 0 Å². The molecule has 0 aliphatic carbocycles. The van der Waals surface area contributed by atoms with Crippen molar-refractivity contribution in [2.24, 2.45) is 0 Å². The van der Waals surface area contributed by atoms with Crippen molar-refractivity contribution in [1.29, 1.82) is 0 Å². The van der Waals surface area contributed by atoms with E-state index in [4.69, 9.17) is 0 Å². The number of hydrogen-bond donors (Lipinski definition) is 0. The Morgan fingerprint density at radius 2 is 1.39 bits per heavy atom. The molecule has 0 radical (unpaired) electrons. The lowest BCUT2D eigenvalue weighted by Crippen LogP contribution is -1.84. The molecule has 0 heterocycles. The van der Waals surface area contributed by atoms with Crippen molar-refractivity contribution in [3.63, 3.8) is 0 Å². The smallest absolute Gasteiger partial charge is 0.0103 e. The van der Waals surface area contributed by atoms with Crippen molar-refractivity contribution in [2.45, 2.75) is 13.8 Å². The summed E-state index contributed by atoms with van der Waals surface area (Å²) in [6.45, 7) is 4.31. The van der Waals surface area contributed by atoms with Gasteiger partial charge < -0.3 is 0 Å². The molecule has 0 atom stereocenters. The Morgan fingerprint density at radius 3 is 2.22 bits per heavy atom. The normalized spacial score (nSPS) is 10.8.